The van der Waals surface area contributed by atoms with Crippen LogP contribution in [0.25, 0.3) is 76.5 Å². The van der Waals surface area contributed by atoms with Crippen LogP contribution in [0.4, 0.5) is 17.1 Å². The van der Waals surface area contributed by atoms with Crippen molar-refractivity contribution in [3.05, 3.63) is 212 Å². The number of rotatable bonds is 6. The SMILES string of the molecule is c1ccc(-c2ccc(N(c3ccc(-c4ccccc4)cc3)c3cccc(-c4cccc5c4ccc4ccc6ccc7ccccc7c6c45)c3)cc2)cc1. The Kier molecular flexibility index (Phi) is 7.55. The fourth-order valence-electron chi connectivity index (χ4n) is 8.06. The van der Waals surface area contributed by atoms with E-state index in [1.165, 1.54) is 76.5 Å². The maximum Gasteiger partial charge on any atom is 0.0467 e. The molecule has 0 atom stereocenters. The minimum Gasteiger partial charge on any atom is -0.310 e. The first-order chi connectivity index (χ1) is 26.3. The Labute approximate surface area is 309 Å². The minimum absolute atomic E-state index is 1.11. The van der Waals surface area contributed by atoms with Gasteiger partial charge < -0.3 is 4.90 Å². The predicted molar refractivity (Wildman–Crippen MR) is 227 cm³/mol. The lowest BCUT2D eigenvalue weighted by atomic mass is 9.90. The van der Waals surface area contributed by atoms with E-state index in [-0.39, 0.29) is 0 Å². The summed E-state index contributed by atoms with van der Waals surface area (Å²) < 4.78 is 0. The molecule has 0 aliphatic rings. The third-order valence-electron chi connectivity index (χ3n) is 10.6. The molecule has 0 saturated carbocycles. The molecule has 10 aromatic rings. The molecule has 10 rings (SSSR count). The van der Waals surface area contributed by atoms with Gasteiger partial charge in [-0.1, -0.05) is 176 Å². The molecule has 0 N–H and O–H groups in total. The van der Waals surface area contributed by atoms with Crippen LogP contribution in [0.15, 0.2) is 212 Å². The first-order valence-electron chi connectivity index (χ1n) is 18.3. The molecule has 0 aliphatic heterocycles. The van der Waals surface area contributed by atoms with Crippen molar-refractivity contribution in [2.24, 2.45) is 0 Å². The maximum atomic E-state index is 2.37. The van der Waals surface area contributed by atoms with Gasteiger partial charge in [0.05, 0.1) is 0 Å². The van der Waals surface area contributed by atoms with E-state index in [1.54, 1.807) is 0 Å². The van der Waals surface area contributed by atoms with Crippen molar-refractivity contribution in [1.82, 2.24) is 0 Å². The van der Waals surface area contributed by atoms with E-state index in [0.717, 1.165) is 17.1 Å². The third-order valence-corrected chi connectivity index (χ3v) is 10.6. The smallest absolute Gasteiger partial charge is 0.0467 e. The first kappa shape index (κ1) is 30.8. The van der Waals surface area contributed by atoms with Crippen LogP contribution in [0.3, 0.4) is 0 Å². The van der Waals surface area contributed by atoms with Gasteiger partial charge in [-0.15, -0.1) is 0 Å². The quantitative estimate of drug-likeness (QED) is 0.159. The lowest BCUT2D eigenvalue weighted by Gasteiger charge is -2.26. The summed E-state index contributed by atoms with van der Waals surface area (Å²) in [6.45, 7) is 0. The summed E-state index contributed by atoms with van der Waals surface area (Å²) in [5.41, 5.74) is 10.6. The summed E-state index contributed by atoms with van der Waals surface area (Å²) in [4.78, 5) is 2.37. The zero-order chi connectivity index (χ0) is 35.1. The molecule has 248 valence electrons. The van der Waals surface area contributed by atoms with Gasteiger partial charge in [-0.25, -0.2) is 0 Å². The molecule has 0 fully saturated rings. The van der Waals surface area contributed by atoms with Gasteiger partial charge in [-0.2, -0.15) is 0 Å². The number of hydrogen-bond acceptors (Lipinski definition) is 1. The number of benzene rings is 10. The van der Waals surface area contributed by atoms with Crippen molar-refractivity contribution < 1.29 is 0 Å². The molecular weight excluding hydrogens is 639 g/mol. The molecule has 0 amide bonds. The summed E-state index contributed by atoms with van der Waals surface area (Å²) in [5.74, 6) is 0. The lowest BCUT2D eigenvalue weighted by molar-refractivity contribution is 1.28. The highest BCUT2D eigenvalue weighted by molar-refractivity contribution is 6.28. The van der Waals surface area contributed by atoms with E-state index < -0.39 is 0 Å². The fourth-order valence-corrected chi connectivity index (χ4v) is 8.06. The molecular formula is C52H35N. The maximum absolute atomic E-state index is 2.37. The molecule has 53 heavy (non-hydrogen) atoms. The highest BCUT2D eigenvalue weighted by Gasteiger charge is 2.16. The number of fused-ring (bicyclic) bond motifs is 7. The standard InChI is InChI=1S/C52H35N/c1-3-11-36(12-4-1)38-25-30-44(31-26-38)53(45-32-27-39(28-33-45)37-13-5-2-6-14-37)46-17-9-16-43(35-46)47-19-10-20-50-49(47)34-29-42-24-23-41-22-21-40-15-7-8-18-48(40)51(41)52(42)50/h1-35H. The van der Waals surface area contributed by atoms with Crippen LogP contribution < -0.4 is 4.90 Å². The van der Waals surface area contributed by atoms with Gasteiger partial charge in [-0.05, 0) is 113 Å². The largest absolute Gasteiger partial charge is 0.310 e. The molecule has 0 bridgehead atoms. The van der Waals surface area contributed by atoms with Gasteiger partial charge in [0.1, 0.15) is 0 Å². The van der Waals surface area contributed by atoms with Crippen molar-refractivity contribution >= 4 is 60.2 Å². The number of nitrogens with zero attached hydrogens (tertiary/aromatic N) is 1. The fraction of sp³-hybridized carbons (Fsp3) is 0. The average Bonchev–Trinajstić information content (AvgIpc) is 3.24. The summed E-state index contributed by atoms with van der Waals surface area (Å²) in [7, 11) is 0. The van der Waals surface area contributed by atoms with Crippen molar-refractivity contribution in [1.29, 1.82) is 0 Å². The zero-order valence-corrected chi connectivity index (χ0v) is 29.2. The third kappa shape index (κ3) is 5.51. The zero-order valence-electron chi connectivity index (χ0n) is 29.2. The van der Waals surface area contributed by atoms with E-state index in [9.17, 15) is 0 Å². The van der Waals surface area contributed by atoms with E-state index in [2.05, 4.69) is 217 Å². The number of hydrogen-bond donors (Lipinski definition) is 0. The lowest BCUT2D eigenvalue weighted by Crippen LogP contribution is -2.10. The Morgan fingerprint density at radius 1 is 0.245 bits per heavy atom. The molecule has 10 aromatic carbocycles. The van der Waals surface area contributed by atoms with Crippen molar-refractivity contribution in [3.8, 4) is 33.4 Å². The molecule has 0 aliphatic carbocycles. The van der Waals surface area contributed by atoms with Gasteiger partial charge in [0, 0.05) is 17.1 Å². The highest BCUT2D eigenvalue weighted by Crippen LogP contribution is 2.42. The van der Waals surface area contributed by atoms with Crippen molar-refractivity contribution in [2.45, 2.75) is 0 Å². The highest BCUT2D eigenvalue weighted by atomic mass is 15.1. The Balaban J connectivity index is 1.13. The van der Waals surface area contributed by atoms with E-state index >= 15 is 0 Å². The molecule has 1 nitrogen and oxygen atoms in total. The molecule has 0 spiro atoms. The van der Waals surface area contributed by atoms with Gasteiger partial charge in [-0.3, -0.25) is 0 Å². The second kappa shape index (κ2) is 13.0. The molecule has 0 unspecified atom stereocenters. The topological polar surface area (TPSA) is 3.24 Å². The van der Waals surface area contributed by atoms with Crippen molar-refractivity contribution in [3.63, 3.8) is 0 Å². The van der Waals surface area contributed by atoms with Gasteiger partial charge in [0.15, 0.2) is 0 Å². The second-order valence-electron chi connectivity index (χ2n) is 13.7. The molecule has 0 saturated heterocycles. The molecule has 0 aromatic heterocycles. The number of anilines is 3. The van der Waals surface area contributed by atoms with Gasteiger partial charge >= 0.3 is 0 Å². The van der Waals surface area contributed by atoms with Crippen LogP contribution in [0.5, 0.6) is 0 Å². The van der Waals surface area contributed by atoms with Gasteiger partial charge in [0.2, 0.25) is 0 Å². The van der Waals surface area contributed by atoms with Crippen LogP contribution in [0, 0.1) is 0 Å². The molecule has 0 radical (unpaired) electrons. The summed E-state index contributed by atoms with van der Waals surface area (Å²) in [5, 5.41) is 10.2. The monoisotopic (exact) mass is 673 g/mol. The average molecular weight is 674 g/mol. The Morgan fingerprint density at radius 3 is 1.36 bits per heavy atom. The minimum atomic E-state index is 1.11. The summed E-state index contributed by atoms with van der Waals surface area (Å²) in [6.07, 6.45) is 0. The van der Waals surface area contributed by atoms with Crippen LogP contribution in [-0.2, 0) is 0 Å². The van der Waals surface area contributed by atoms with Gasteiger partial charge in [0.25, 0.3) is 0 Å². The van der Waals surface area contributed by atoms with E-state index in [0.29, 0.717) is 0 Å². The van der Waals surface area contributed by atoms with Crippen molar-refractivity contribution in [2.75, 3.05) is 4.90 Å². The van der Waals surface area contributed by atoms with E-state index in [1.807, 2.05) is 0 Å². The predicted octanol–water partition coefficient (Wildman–Crippen LogP) is 14.8. The Hall–Kier alpha value is -6.96. The molecule has 1 heteroatoms. The van der Waals surface area contributed by atoms with Crippen LogP contribution in [0.2, 0.25) is 0 Å². The van der Waals surface area contributed by atoms with Crippen LogP contribution in [-0.4, -0.2) is 0 Å². The summed E-state index contributed by atoms with van der Waals surface area (Å²) >= 11 is 0. The Morgan fingerprint density at radius 2 is 0.717 bits per heavy atom. The Bertz CT molecular complexity index is 2820. The first-order valence-corrected chi connectivity index (χ1v) is 18.3. The normalized spacial score (nSPS) is 11.4. The molecule has 0 heterocycles. The van der Waals surface area contributed by atoms with E-state index in [4.69, 9.17) is 0 Å². The second-order valence-corrected chi connectivity index (χ2v) is 13.7. The van der Waals surface area contributed by atoms with Crippen LogP contribution >= 0.6 is 0 Å². The summed E-state index contributed by atoms with van der Waals surface area (Å²) in [6, 6.07) is 77.2. The van der Waals surface area contributed by atoms with Crippen LogP contribution in [0.1, 0.15) is 0 Å².